The number of unbranched alkanes of at least 4 members (excludes halogenated alkanes) is 47. The Morgan fingerprint density at radius 3 is 0.716 bits per heavy atom. The van der Waals surface area contributed by atoms with Crippen molar-refractivity contribution in [2.45, 2.75) is 380 Å². The van der Waals surface area contributed by atoms with E-state index in [-0.39, 0.29) is 31.1 Å². The highest BCUT2D eigenvalue weighted by Crippen LogP contribution is 2.18. The number of carbonyl (C=O) groups excluding carboxylic acids is 3. The van der Waals surface area contributed by atoms with Crippen LogP contribution in [-0.4, -0.2) is 37.2 Å². The first-order valence-corrected chi connectivity index (χ1v) is 33.3. The van der Waals surface area contributed by atoms with Crippen molar-refractivity contribution in [3.8, 4) is 0 Å². The van der Waals surface area contributed by atoms with E-state index in [9.17, 15) is 14.4 Å². The van der Waals surface area contributed by atoms with Gasteiger partial charge >= 0.3 is 17.9 Å². The van der Waals surface area contributed by atoms with Crippen molar-refractivity contribution in [2.75, 3.05) is 13.2 Å². The van der Waals surface area contributed by atoms with E-state index < -0.39 is 6.10 Å². The van der Waals surface area contributed by atoms with Gasteiger partial charge in [0.15, 0.2) is 6.10 Å². The molecule has 0 saturated heterocycles. The average molecular weight is 1040 g/mol. The molecule has 0 amide bonds. The van der Waals surface area contributed by atoms with Crippen LogP contribution in [0.1, 0.15) is 374 Å². The monoisotopic (exact) mass is 1040 g/mol. The zero-order chi connectivity index (χ0) is 53.6. The third kappa shape index (κ3) is 60.8. The zero-order valence-electron chi connectivity index (χ0n) is 50.1. The fourth-order valence-electron chi connectivity index (χ4n) is 10.1. The van der Waals surface area contributed by atoms with Crippen molar-refractivity contribution in [3.63, 3.8) is 0 Å². The SMILES string of the molecule is CCCC/C=C\CCCCCCCC(=O)OCC(COC(=O)CCCCCCCCCCCCCCCCCCCCCCCCCC)OC(=O)CCCCCCCCCCC/C=C\CCCCCCCCCC. The normalized spacial score (nSPS) is 12.1. The van der Waals surface area contributed by atoms with E-state index in [0.717, 1.165) is 64.2 Å². The van der Waals surface area contributed by atoms with Crippen LogP contribution in [0, 0.1) is 0 Å². The number of esters is 3. The summed E-state index contributed by atoms with van der Waals surface area (Å²) < 4.78 is 16.9. The zero-order valence-corrected chi connectivity index (χ0v) is 50.1. The van der Waals surface area contributed by atoms with Crippen molar-refractivity contribution in [1.82, 2.24) is 0 Å². The van der Waals surface area contributed by atoms with E-state index in [1.165, 1.54) is 270 Å². The Morgan fingerprint density at radius 1 is 0.257 bits per heavy atom. The minimum atomic E-state index is -0.773. The van der Waals surface area contributed by atoms with Crippen LogP contribution >= 0.6 is 0 Å². The van der Waals surface area contributed by atoms with Crippen LogP contribution in [0.15, 0.2) is 24.3 Å². The number of hydrogen-bond acceptors (Lipinski definition) is 6. The van der Waals surface area contributed by atoms with E-state index in [2.05, 4.69) is 45.1 Å². The second kappa shape index (κ2) is 63.4. The van der Waals surface area contributed by atoms with Gasteiger partial charge in [0.25, 0.3) is 0 Å². The number of hydrogen-bond donors (Lipinski definition) is 0. The predicted octanol–water partition coefficient (Wildman–Crippen LogP) is 22.6. The number of allylic oxidation sites excluding steroid dienone is 4. The van der Waals surface area contributed by atoms with Crippen LogP contribution in [0.2, 0.25) is 0 Å². The molecular weight excluding hydrogens is 913 g/mol. The van der Waals surface area contributed by atoms with E-state index >= 15 is 0 Å². The number of ether oxygens (including phenoxy) is 3. The smallest absolute Gasteiger partial charge is 0.306 e. The Hall–Kier alpha value is -2.11. The predicted molar refractivity (Wildman–Crippen MR) is 321 cm³/mol. The first kappa shape index (κ1) is 71.9. The average Bonchev–Trinajstić information content (AvgIpc) is 3.40. The summed E-state index contributed by atoms with van der Waals surface area (Å²) >= 11 is 0. The van der Waals surface area contributed by atoms with Crippen molar-refractivity contribution in [2.24, 2.45) is 0 Å². The highest BCUT2D eigenvalue weighted by molar-refractivity contribution is 5.71. The fraction of sp³-hybridized carbons (Fsp3) is 0.897. The molecular formula is C68H128O6. The molecule has 0 bridgehead atoms. The molecule has 6 nitrogen and oxygen atoms in total. The quantitative estimate of drug-likeness (QED) is 0.0261. The Bertz CT molecular complexity index is 1190. The third-order valence-electron chi connectivity index (χ3n) is 15.2. The molecule has 0 heterocycles. The molecule has 0 spiro atoms. The molecule has 0 saturated carbocycles. The maximum absolute atomic E-state index is 12.9. The summed E-state index contributed by atoms with van der Waals surface area (Å²) in [7, 11) is 0. The largest absolute Gasteiger partial charge is 0.462 e. The first-order chi connectivity index (χ1) is 36.5. The Morgan fingerprint density at radius 2 is 0.459 bits per heavy atom. The molecule has 0 N–H and O–H groups in total. The second-order valence-corrected chi connectivity index (χ2v) is 22.7. The Balaban J connectivity index is 4.20. The Kier molecular flexibility index (Phi) is 61.6. The van der Waals surface area contributed by atoms with Gasteiger partial charge in [-0.05, 0) is 64.2 Å². The van der Waals surface area contributed by atoms with Crippen LogP contribution in [0.25, 0.3) is 0 Å². The minimum Gasteiger partial charge on any atom is -0.462 e. The molecule has 0 fully saturated rings. The van der Waals surface area contributed by atoms with Crippen molar-refractivity contribution in [1.29, 1.82) is 0 Å². The maximum atomic E-state index is 12.9. The fourth-order valence-corrected chi connectivity index (χ4v) is 10.1. The highest BCUT2D eigenvalue weighted by Gasteiger charge is 2.19. The molecule has 0 rings (SSSR count). The molecule has 1 unspecified atom stereocenters. The van der Waals surface area contributed by atoms with Gasteiger partial charge in [0.05, 0.1) is 0 Å². The van der Waals surface area contributed by atoms with E-state index in [1.54, 1.807) is 0 Å². The van der Waals surface area contributed by atoms with Crippen LogP contribution in [0.5, 0.6) is 0 Å². The van der Waals surface area contributed by atoms with Crippen LogP contribution in [-0.2, 0) is 28.6 Å². The summed E-state index contributed by atoms with van der Waals surface area (Å²) in [5.74, 6) is -0.856. The van der Waals surface area contributed by atoms with Gasteiger partial charge in [-0.25, -0.2) is 0 Å². The molecule has 0 aliphatic heterocycles. The summed E-state index contributed by atoms with van der Waals surface area (Å²) in [6.45, 7) is 6.66. The van der Waals surface area contributed by atoms with Gasteiger partial charge < -0.3 is 14.2 Å². The van der Waals surface area contributed by atoms with Gasteiger partial charge in [0, 0.05) is 19.3 Å². The lowest BCUT2D eigenvalue weighted by molar-refractivity contribution is -0.167. The van der Waals surface area contributed by atoms with Crippen molar-refractivity contribution < 1.29 is 28.6 Å². The third-order valence-corrected chi connectivity index (χ3v) is 15.2. The van der Waals surface area contributed by atoms with Gasteiger partial charge in [-0.15, -0.1) is 0 Å². The van der Waals surface area contributed by atoms with Gasteiger partial charge in [-0.3, -0.25) is 14.4 Å². The molecule has 74 heavy (non-hydrogen) atoms. The van der Waals surface area contributed by atoms with Gasteiger partial charge in [-0.2, -0.15) is 0 Å². The highest BCUT2D eigenvalue weighted by atomic mass is 16.6. The molecule has 0 aliphatic rings. The molecule has 0 aromatic carbocycles. The van der Waals surface area contributed by atoms with Crippen molar-refractivity contribution >= 4 is 17.9 Å². The van der Waals surface area contributed by atoms with Gasteiger partial charge in [-0.1, -0.05) is 315 Å². The minimum absolute atomic E-state index is 0.0697. The number of rotatable bonds is 62. The molecule has 0 aromatic heterocycles. The summed E-state index contributed by atoms with van der Waals surface area (Å²) in [5.41, 5.74) is 0. The lowest BCUT2D eigenvalue weighted by Gasteiger charge is -2.18. The molecule has 436 valence electrons. The van der Waals surface area contributed by atoms with E-state index in [4.69, 9.17) is 14.2 Å². The molecule has 6 heteroatoms. The van der Waals surface area contributed by atoms with Gasteiger partial charge in [0.1, 0.15) is 13.2 Å². The first-order valence-electron chi connectivity index (χ1n) is 33.3. The molecule has 1 atom stereocenters. The molecule has 0 aliphatic carbocycles. The summed E-state index contributed by atoms with van der Waals surface area (Å²) in [6, 6.07) is 0. The molecule has 0 aromatic rings. The maximum Gasteiger partial charge on any atom is 0.306 e. The second-order valence-electron chi connectivity index (χ2n) is 22.7. The van der Waals surface area contributed by atoms with Crippen molar-refractivity contribution in [3.05, 3.63) is 24.3 Å². The number of carbonyl (C=O) groups is 3. The molecule has 0 radical (unpaired) electrons. The summed E-state index contributed by atoms with van der Waals surface area (Å²) in [5, 5.41) is 0. The standard InChI is InChI=1S/C68H128O6/c1-4-7-10-13-16-19-22-24-26-28-30-32-33-34-36-37-39-41-43-46-49-52-55-58-61-67(70)73-64-65(63-72-66(69)60-57-54-51-48-45-21-18-15-12-9-6-3)74-68(71)62-59-56-53-50-47-44-42-40-38-35-31-29-27-25-23-20-17-14-11-8-5-2/h15,18,29,31,65H,4-14,16-17,19-28,30,32-64H2,1-3H3/b18-15-,31-29-. The Labute approximate surface area is 462 Å². The van der Waals surface area contributed by atoms with E-state index in [0.29, 0.717) is 19.3 Å². The lowest BCUT2D eigenvalue weighted by atomic mass is 10.0. The topological polar surface area (TPSA) is 78.9 Å². The van der Waals surface area contributed by atoms with Crippen LogP contribution in [0.3, 0.4) is 0 Å². The van der Waals surface area contributed by atoms with Crippen LogP contribution < -0.4 is 0 Å². The van der Waals surface area contributed by atoms with Gasteiger partial charge in [0.2, 0.25) is 0 Å². The van der Waals surface area contributed by atoms with Crippen LogP contribution in [0.4, 0.5) is 0 Å². The summed E-state index contributed by atoms with van der Waals surface area (Å²) in [6.07, 6.45) is 76.3. The van der Waals surface area contributed by atoms with E-state index in [1.807, 2.05) is 0 Å². The lowest BCUT2D eigenvalue weighted by Crippen LogP contribution is -2.30. The summed E-state index contributed by atoms with van der Waals surface area (Å²) in [4.78, 5) is 38.3.